The summed E-state index contributed by atoms with van der Waals surface area (Å²) in [5, 5.41) is 0. The molecule has 0 aliphatic rings. The third-order valence-electron chi connectivity index (χ3n) is 0.951. The van der Waals surface area contributed by atoms with Crippen molar-refractivity contribution in [2.75, 3.05) is 0 Å². The second kappa shape index (κ2) is 5.42. The fourth-order valence-electron chi connectivity index (χ4n) is 0.505. The van der Waals surface area contributed by atoms with Crippen LogP contribution in [-0.2, 0) is 4.79 Å². The van der Waals surface area contributed by atoms with Gasteiger partial charge in [0.1, 0.15) is 5.78 Å². The minimum absolute atomic E-state index is 0.274. The maximum atomic E-state index is 10.4. The molecule has 9 heavy (non-hydrogen) atoms. The molecule has 0 aliphatic heterocycles. The van der Waals surface area contributed by atoms with Crippen LogP contribution >= 0.6 is 31.9 Å². The minimum Gasteiger partial charge on any atom is -0.300 e. The molecule has 0 bridgehead atoms. The average Bonchev–Trinajstić information content (AvgIpc) is 1.63. The Balaban J connectivity index is 3.01. The van der Waals surface area contributed by atoms with E-state index in [0.29, 0.717) is 10.2 Å². The average molecular weight is 258 g/mol. The van der Waals surface area contributed by atoms with Crippen LogP contribution < -0.4 is 0 Å². The van der Waals surface area contributed by atoms with E-state index in [-0.39, 0.29) is 5.78 Å². The lowest BCUT2D eigenvalue weighted by Crippen LogP contribution is -1.91. The summed E-state index contributed by atoms with van der Waals surface area (Å²) in [4.78, 5) is 10.4. The third kappa shape index (κ3) is 8.63. The molecule has 0 aliphatic carbocycles. The van der Waals surface area contributed by atoms with Crippen LogP contribution in [0.1, 0.15) is 26.2 Å². The lowest BCUT2D eigenvalue weighted by Gasteiger charge is -1.97. The maximum absolute atomic E-state index is 10.4. The van der Waals surface area contributed by atoms with Crippen molar-refractivity contribution < 1.29 is 4.79 Å². The van der Waals surface area contributed by atoms with Crippen molar-refractivity contribution in [1.82, 2.24) is 0 Å². The normalized spacial score (nSPS) is 10.2. The number of carbonyl (C=O) groups is 1. The van der Waals surface area contributed by atoms with E-state index >= 15 is 0 Å². The van der Waals surface area contributed by atoms with Crippen molar-refractivity contribution in [3.05, 3.63) is 0 Å². The highest BCUT2D eigenvalue weighted by Crippen LogP contribution is 2.15. The minimum atomic E-state index is 0.274. The van der Waals surface area contributed by atoms with E-state index in [2.05, 4.69) is 31.9 Å². The number of alkyl halides is 2. The first-order chi connectivity index (χ1) is 4.13. The molecule has 0 saturated carbocycles. The Kier molecular flexibility index (Phi) is 5.80. The summed E-state index contributed by atoms with van der Waals surface area (Å²) in [5.74, 6) is 0.274. The molecule has 0 N–H and O–H groups in total. The van der Waals surface area contributed by atoms with Crippen LogP contribution in [0.25, 0.3) is 0 Å². The predicted octanol–water partition coefficient (Wildman–Crippen LogP) is 2.86. The van der Waals surface area contributed by atoms with Crippen LogP contribution in [0.2, 0.25) is 0 Å². The Morgan fingerprint density at radius 2 is 2.11 bits per heavy atom. The Morgan fingerprint density at radius 1 is 1.56 bits per heavy atom. The Morgan fingerprint density at radius 3 is 2.44 bits per heavy atom. The highest BCUT2D eigenvalue weighted by molar-refractivity contribution is 9.24. The zero-order valence-corrected chi connectivity index (χ0v) is 8.53. The largest absolute Gasteiger partial charge is 0.300 e. The molecule has 0 aromatic carbocycles. The topological polar surface area (TPSA) is 17.1 Å². The molecule has 0 spiro atoms. The SMILES string of the molecule is CC(=O)CCCC(Br)Br. The van der Waals surface area contributed by atoms with Gasteiger partial charge in [-0.1, -0.05) is 31.9 Å². The van der Waals surface area contributed by atoms with Crippen molar-refractivity contribution in [3.8, 4) is 0 Å². The van der Waals surface area contributed by atoms with E-state index in [1.165, 1.54) is 0 Å². The first kappa shape index (κ1) is 9.63. The number of carbonyl (C=O) groups excluding carboxylic acids is 1. The molecule has 3 heteroatoms. The van der Waals surface area contributed by atoms with Gasteiger partial charge in [-0.05, 0) is 19.8 Å². The molecular formula is C6H10Br2O. The molecule has 0 atom stereocenters. The zero-order valence-electron chi connectivity index (χ0n) is 5.36. The lowest BCUT2D eigenvalue weighted by molar-refractivity contribution is -0.117. The van der Waals surface area contributed by atoms with Crippen molar-refractivity contribution in [2.45, 2.75) is 29.9 Å². The molecule has 0 heterocycles. The number of ketones is 1. The molecule has 0 aromatic rings. The third-order valence-corrected chi connectivity index (χ3v) is 1.87. The number of hydrogen-bond donors (Lipinski definition) is 0. The summed E-state index contributed by atoms with van der Waals surface area (Å²) in [6.07, 6.45) is 2.68. The molecule has 0 aromatic heterocycles. The van der Waals surface area contributed by atoms with E-state index in [1.807, 2.05) is 0 Å². The summed E-state index contributed by atoms with van der Waals surface area (Å²) in [6.45, 7) is 1.62. The van der Waals surface area contributed by atoms with Crippen LogP contribution in [-0.4, -0.2) is 9.52 Å². The van der Waals surface area contributed by atoms with Gasteiger partial charge >= 0.3 is 0 Å². The van der Waals surface area contributed by atoms with Crippen LogP contribution in [0.4, 0.5) is 0 Å². The van der Waals surface area contributed by atoms with Gasteiger partial charge in [-0.25, -0.2) is 0 Å². The van der Waals surface area contributed by atoms with Gasteiger partial charge in [0.15, 0.2) is 0 Å². The van der Waals surface area contributed by atoms with Gasteiger partial charge in [-0.15, -0.1) is 0 Å². The van der Waals surface area contributed by atoms with Crippen molar-refractivity contribution in [3.63, 3.8) is 0 Å². The van der Waals surface area contributed by atoms with Crippen LogP contribution in [0.15, 0.2) is 0 Å². The zero-order chi connectivity index (χ0) is 7.28. The van der Waals surface area contributed by atoms with Gasteiger partial charge in [-0.2, -0.15) is 0 Å². The molecule has 0 amide bonds. The second-order valence-corrected chi connectivity index (χ2v) is 5.42. The molecular weight excluding hydrogens is 248 g/mol. The van der Waals surface area contributed by atoms with Crippen molar-refractivity contribution in [2.24, 2.45) is 0 Å². The quantitative estimate of drug-likeness (QED) is 0.708. The monoisotopic (exact) mass is 256 g/mol. The second-order valence-electron chi connectivity index (χ2n) is 1.99. The van der Waals surface area contributed by atoms with Crippen LogP contribution in [0.3, 0.4) is 0 Å². The smallest absolute Gasteiger partial charge is 0.129 e. The predicted molar refractivity (Wildman–Crippen MR) is 46.2 cm³/mol. The number of rotatable bonds is 4. The van der Waals surface area contributed by atoms with E-state index < -0.39 is 0 Å². The Bertz CT molecular complexity index is 91.1. The van der Waals surface area contributed by atoms with E-state index in [4.69, 9.17) is 0 Å². The van der Waals surface area contributed by atoms with Crippen LogP contribution in [0.5, 0.6) is 0 Å². The summed E-state index contributed by atoms with van der Waals surface area (Å²) in [7, 11) is 0. The number of halogens is 2. The van der Waals surface area contributed by atoms with Gasteiger partial charge in [0.25, 0.3) is 0 Å². The Labute approximate surface area is 72.5 Å². The number of hydrogen-bond acceptors (Lipinski definition) is 1. The molecule has 0 radical (unpaired) electrons. The van der Waals surface area contributed by atoms with E-state index in [1.54, 1.807) is 6.92 Å². The maximum Gasteiger partial charge on any atom is 0.129 e. The number of Topliss-reactive ketones (excluding diaryl/α,β-unsaturated/α-hetero) is 1. The summed E-state index contributed by atoms with van der Waals surface area (Å²) in [6, 6.07) is 0. The van der Waals surface area contributed by atoms with Crippen molar-refractivity contribution in [1.29, 1.82) is 0 Å². The molecule has 0 saturated heterocycles. The molecule has 0 rings (SSSR count). The van der Waals surface area contributed by atoms with Gasteiger partial charge in [0.2, 0.25) is 0 Å². The first-order valence-corrected chi connectivity index (χ1v) is 4.73. The summed E-state index contributed by atoms with van der Waals surface area (Å²) >= 11 is 6.66. The standard InChI is InChI=1S/C6H10Br2O/c1-5(9)3-2-4-6(7)8/h6H,2-4H2,1H3. The summed E-state index contributed by atoms with van der Waals surface area (Å²) < 4.78 is 0.365. The first-order valence-electron chi connectivity index (χ1n) is 2.90. The molecule has 1 nitrogen and oxygen atoms in total. The fraction of sp³-hybridized carbons (Fsp3) is 0.833. The van der Waals surface area contributed by atoms with E-state index in [0.717, 1.165) is 12.8 Å². The highest BCUT2D eigenvalue weighted by Gasteiger charge is 1.98. The highest BCUT2D eigenvalue weighted by atomic mass is 79.9. The van der Waals surface area contributed by atoms with Crippen LogP contribution in [0, 0.1) is 0 Å². The van der Waals surface area contributed by atoms with E-state index in [9.17, 15) is 4.79 Å². The molecule has 0 unspecified atom stereocenters. The lowest BCUT2D eigenvalue weighted by atomic mass is 10.2. The molecule has 54 valence electrons. The van der Waals surface area contributed by atoms with Gasteiger partial charge < -0.3 is 4.79 Å². The fourth-order valence-corrected chi connectivity index (χ4v) is 1.15. The molecule has 0 fully saturated rings. The Hall–Kier alpha value is 0.630. The van der Waals surface area contributed by atoms with Gasteiger partial charge in [-0.3, -0.25) is 0 Å². The van der Waals surface area contributed by atoms with Gasteiger partial charge in [0, 0.05) is 6.42 Å². The van der Waals surface area contributed by atoms with Crippen molar-refractivity contribution >= 4 is 37.6 Å². The summed E-state index contributed by atoms with van der Waals surface area (Å²) in [5.41, 5.74) is 0. The van der Waals surface area contributed by atoms with Gasteiger partial charge in [0.05, 0.1) is 3.74 Å².